The molecule has 4 heterocycles. The van der Waals surface area contributed by atoms with E-state index < -0.39 is 0 Å². The Hall–Kier alpha value is -2.34. The summed E-state index contributed by atoms with van der Waals surface area (Å²) in [5.74, 6) is 0.878. The van der Waals surface area contributed by atoms with Gasteiger partial charge in [-0.05, 0) is 25.1 Å². The molecule has 0 aromatic carbocycles. The molecule has 1 atom stereocenters. The molecule has 0 spiro atoms. The summed E-state index contributed by atoms with van der Waals surface area (Å²) in [4.78, 5) is 2.50. The lowest BCUT2D eigenvalue weighted by Crippen LogP contribution is -2.40. The number of aromatic nitrogens is 4. The van der Waals surface area contributed by atoms with Crippen LogP contribution in [0.1, 0.15) is 24.9 Å². The van der Waals surface area contributed by atoms with Crippen LogP contribution in [0.25, 0.3) is 16.8 Å². The van der Waals surface area contributed by atoms with Gasteiger partial charge in [0.1, 0.15) is 5.82 Å². The van der Waals surface area contributed by atoms with Gasteiger partial charge in [0.25, 0.3) is 0 Å². The van der Waals surface area contributed by atoms with Gasteiger partial charge in [0.05, 0.1) is 17.4 Å². The van der Waals surface area contributed by atoms with E-state index in [9.17, 15) is 0 Å². The standard InChI is InChI=1S/C17H22N6/c1-4-22-7-6-15(22)14-11-19-21(3)17(14)12-5-8-23-13(9-12)10-16(18-2)20-23/h5,8-11,15H,4,6-7H2,1-3H3,(H,18,20). The normalized spacial score (nSPS) is 18.3. The predicted molar refractivity (Wildman–Crippen MR) is 91.5 cm³/mol. The lowest BCUT2D eigenvalue weighted by molar-refractivity contribution is 0.0988. The Bertz CT molecular complexity index is 844. The van der Waals surface area contributed by atoms with E-state index in [1.165, 1.54) is 29.8 Å². The molecular weight excluding hydrogens is 288 g/mol. The van der Waals surface area contributed by atoms with Gasteiger partial charge in [0.2, 0.25) is 0 Å². The number of hydrogen-bond donors (Lipinski definition) is 1. The Morgan fingerprint density at radius 2 is 2.22 bits per heavy atom. The first-order chi connectivity index (χ1) is 11.2. The summed E-state index contributed by atoms with van der Waals surface area (Å²) in [6, 6.07) is 6.86. The van der Waals surface area contributed by atoms with E-state index in [1.807, 2.05) is 35.7 Å². The van der Waals surface area contributed by atoms with Gasteiger partial charge in [-0.1, -0.05) is 6.92 Å². The van der Waals surface area contributed by atoms with E-state index in [-0.39, 0.29) is 0 Å². The molecule has 4 rings (SSSR count). The molecule has 0 aliphatic carbocycles. The number of nitrogens with zero attached hydrogens (tertiary/aromatic N) is 5. The van der Waals surface area contributed by atoms with Gasteiger partial charge >= 0.3 is 0 Å². The third-order valence-corrected chi connectivity index (χ3v) is 4.86. The minimum Gasteiger partial charge on any atom is -0.372 e. The number of pyridine rings is 1. The van der Waals surface area contributed by atoms with Crippen molar-refractivity contribution in [2.75, 3.05) is 25.5 Å². The molecule has 1 N–H and O–H groups in total. The first-order valence-electron chi connectivity index (χ1n) is 8.14. The summed E-state index contributed by atoms with van der Waals surface area (Å²) in [5.41, 5.74) is 4.82. The van der Waals surface area contributed by atoms with E-state index >= 15 is 0 Å². The second-order valence-electron chi connectivity index (χ2n) is 6.07. The van der Waals surface area contributed by atoms with Gasteiger partial charge in [0, 0.05) is 50.1 Å². The summed E-state index contributed by atoms with van der Waals surface area (Å²) in [5, 5.41) is 12.1. The van der Waals surface area contributed by atoms with Crippen molar-refractivity contribution in [3.63, 3.8) is 0 Å². The number of nitrogens with one attached hydrogen (secondary N) is 1. The molecule has 1 saturated heterocycles. The largest absolute Gasteiger partial charge is 0.372 e. The fraction of sp³-hybridized carbons (Fsp3) is 0.412. The molecule has 0 radical (unpaired) electrons. The van der Waals surface area contributed by atoms with Crippen molar-refractivity contribution in [2.45, 2.75) is 19.4 Å². The molecule has 23 heavy (non-hydrogen) atoms. The Balaban J connectivity index is 1.79. The van der Waals surface area contributed by atoms with E-state index in [4.69, 9.17) is 0 Å². The SMILES string of the molecule is CCN1CCC1c1cnn(C)c1-c1ccn2nc(NC)cc2c1. The predicted octanol–water partition coefficient (Wildman–Crippen LogP) is 2.54. The highest BCUT2D eigenvalue weighted by atomic mass is 15.3. The summed E-state index contributed by atoms with van der Waals surface area (Å²) >= 11 is 0. The summed E-state index contributed by atoms with van der Waals surface area (Å²) in [7, 11) is 3.91. The molecule has 3 aromatic heterocycles. The van der Waals surface area contributed by atoms with Crippen molar-refractivity contribution in [3.8, 4) is 11.3 Å². The number of likely N-dealkylation sites (tertiary alicyclic amines) is 1. The zero-order chi connectivity index (χ0) is 16.0. The van der Waals surface area contributed by atoms with Crippen LogP contribution in [0.2, 0.25) is 0 Å². The van der Waals surface area contributed by atoms with Crippen LogP contribution in [0, 0.1) is 0 Å². The molecule has 1 fully saturated rings. The molecule has 0 saturated carbocycles. The number of aryl methyl sites for hydroxylation is 1. The van der Waals surface area contributed by atoms with Crippen molar-refractivity contribution < 1.29 is 0 Å². The van der Waals surface area contributed by atoms with Crippen LogP contribution >= 0.6 is 0 Å². The number of fused-ring (bicyclic) bond motifs is 1. The van der Waals surface area contributed by atoms with Crippen molar-refractivity contribution in [1.82, 2.24) is 24.3 Å². The average molecular weight is 310 g/mol. The maximum atomic E-state index is 4.52. The number of hydrogen-bond acceptors (Lipinski definition) is 4. The lowest BCUT2D eigenvalue weighted by Gasteiger charge is -2.40. The summed E-state index contributed by atoms with van der Waals surface area (Å²) in [6.07, 6.45) is 5.26. The van der Waals surface area contributed by atoms with Gasteiger partial charge in [-0.2, -0.15) is 10.2 Å². The molecule has 1 aliphatic rings. The monoisotopic (exact) mass is 310 g/mol. The highest BCUT2D eigenvalue weighted by Gasteiger charge is 2.31. The van der Waals surface area contributed by atoms with E-state index in [1.54, 1.807) is 0 Å². The highest BCUT2D eigenvalue weighted by molar-refractivity contribution is 5.70. The highest BCUT2D eigenvalue weighted by Crippen LogP contribution is 2.38. The van der Waals surface area contributed by atoms with Crippen molar-refractivity contribution >= 4 is 11.3 Å². The molecule has 6 nitrogen and oxygen atoms in total. The molecule has 120 valence electrons. The quantitative estimate of drug-likeness (QED) is 0.804. The van der Waals surface area contributed by atoms with Crippen LogP contribution in [0.15, 0.2) is 30.6 Å². The van der Waals surface area contributed by atoms with Crippen molar-refractivity contribution in [2.24, 2.45) is 7.05 Å². The Kier molecular flexibility index (Phi) is 3.34. The third-order valence-electron chi connectivity index (χ3n) is 4.86. The van der Waals surface area contributed by atoms with Crippen LogP contribution < -0.4 is 5.32 Å². The molecule has 6 heteroatoms. The maximum Gasteiger partial charge on any atom is 0.148 e. The second-order valence-corrected chi connectivity index (χ2v) is 6.07. The van der Waals surface area contributed by atoms with Crippen LogP contribution in [0.4, 0.5) is 5.82 Å². The topological polar surface area (TPSA) is 50.4 Å². The van der Waals surface area contributed by atoms with E-state index in [0.29, 0.717) is 6.04 Å². The van der Waals surface area contributed by atoms with Crippen LogP contribution in [0.3, 0.4) is 0 Å². The van der Waals surface area contributed by atoms with Crippen LogP contribution in [-0.4, -0.2) is 44.4 Å². The second kappa shape index (κ2) is 5.38. The zero-order valence-electron chi connectivity index (χ0n) is 13.8. The van der Waals surface area contributed by atoms with Gasteiger partial charge in [-0.3, -0.25) is 9.58 Å². The number of rotatable bonds is 4. The number of anilines is 1. The Labute approximate surface area is 135 Å². The smallest absolute Gasteiger partial charge is 0.148 e. The first-order valence-corrected chi connectivity index (χ1v) is 8.14. The van der Waals surface area contributed by atoms with E-state index in [2.05, 4.69) is 45.5 Å². The minimum atomic E-state index is 0.498. The van der Waals surface area contributed by atoms with Crippen molar-refractivity contribution in [1.29, 1.82) is 0 Å². The fourth-order valence-corrected chi connectivity index (χ4v) is 3.49. The van der Waals surface area contributed by atoms with Gasteiger partial charge < -0.3 is 5.32 Å². The molecule has 1 unspecified atom stereocenters. The van der Waals surface area contributed by atoms with Crippen molar-refractivity contribution in [3.05, 3.63) is 36.2 Å². The fourth-order valence-electron chi connectivity index (χ4n) is 3.49. The maximum absolute atomic E-state index is 4.52. The van der Waals surface area contributed by atoms with Crippen LogP contribution in [-0.2, 0) is 7.05 Å². The molecule has 3 aromatic rings. The molecule has 1 aliphatic heterocycles. The van der Waals surface area contributed by atoms with Crippen LogP contribution in [0.5, 0.6) is 0 Å². The summed E-state index contributed by atoms with van der Waals surface area (Å²) in [6.45, 7) is 4.49. The molecule has 0 amide bonds. The van der Waals surface area contributed by atoms with Gasteiger partial charge in [-0.25, -0.2) is 4.52 Å². The zero-order valence-corrected chi connectivity index (χ0v) is 13.8. The third kappa shape index (κ3) is 2.21. The Morgan fingerprint density at radius 1 is 1.35 bits per heavy atom. The van der Waals surface area contributed by atoms with Gasteiger partial charge in [0.15, 0.2) is 0 Å². The molecule has 0 bridgehead atoms. The lowest BCUT2D eigenvalue weighted by atomic mass is 9.93. The molecular formula is C17H22N6. The average Bonchev–Trinajstić information content (AvgIpc) is 3.09. The van der Waals surface area contributed by atoms with Gasteiger partial charge in [-0.15, -0.1) is 0 Å². The minimum absolute atomic E-state index is 0.498. The summed E-state index contributed by atoms with van der Waals surface area (Å²) < 4.78 is 3.88. The van der Waals surface area contributed by atoms with E-state index in [0.717, 1.165) is 17.9 Å². The first kappa shape index (κ1) is 14.3. The Morgan fingerprint density at radius 3 is 2.91 bits per heavy atom.